The van der Waals surface area contributed by atoms with Gasteiger partial charge in [-0.25, -0.2) is 8.78 Å². The van der Waals surface area contributed by atoms with Gasteiger partial charge in [0.1, 0.15) is 11.6 Å². The van der Waals surface area contributed by atoms with Gasteiger partial charge in [-0.2, -0.15) is 0 Å². The molecular formula is C16H16ClF2N. The summed E-state index contributed by atoms with van der Waals surface area (Å²) in [5, 5.41) is 3.26. The third kappa shape index (κ3) is 3.17. The number of benzene rings is 2. The normalized spacial score (nSPS) is 12.4. The Kier molecular flexibility index (Phi) is 4.73. The Morgan fingerprint density at radius 2 is 1.95 bits per heavy atom. The van der Waals surface area contributed by atoms with Crippen molar-refractivity contribution >= 4 is 11.6 Å². The molecule has 0 bridgehead atoms. The van der Waals surface area contributed by atoms with Crippen LogP contribution in [0.25, 0.3) is 0 Å². The first-order valence-electron chi connectivity index (χ1n) is 6.39. The second-order valence-electron chi connectivity index (χ2n) is 4.76. The van der Waals surface area contributed by atoms with Crippen LogP contribution in [0.2, 0.25) is 5.02 Å². The van der Waals surface area contributed by atoms with Gasteiger partial charge in [-0.05, 0) is 55.3 Å². The number of likely N-dealkylation sites (N-methyl/N-ethyl adjacent to an activating group) is 1. The zero-order valence-electron chi connectivity index (χ0n) is 11.4. The van der Waals surface area contributed by atoms with Crippen molar-refractivity contribution < 1.29 is 8.78 Å². The summed E-state index contributed by atoms with van der Waals surface area (Å²) in [4.78, 5) is 0. The molecule has 0 aliphatic rings. The summed E-state index contributed by atoms with van der Waals surface area (Å²) >= 11 is 5.98. The van der Waals surface area contributed by atoms with E-state index in [0.717, 1.165) is 11.1 Å². The zero-order chi connectivity index (χ0) is 14.7. The predicted octanol–water partition coefficient (Wildman–Crippen LogP) is 4.43. The van der Waals surface area contributed by atoms with Gasteiger partial charge < -0.3 is 5.32 Å². The van der Waals surface area contributed by atoms with Gasteiger partial charge in [0, 0.05) is 6.04 Å². The van der Waals surface area contributed by atoms with Crippen molar-refractivity contribution in [3.8, 4) is 0 Å². The molecule has 0 saturated carbocycles. The van der Waals surface area contributed by atoms with Gasteiger partial charge in [-0.1, -0.05) is 29.8 Å². The molecule has 0 aromatic heterocycles. The minimum absolute atomic E-state index is 0.120. The van der Waals surface area contributed by atoms with Crippen molar-refractivity contribution in [1.82, 2.24) is 5.32 Å². The maximum atomic E-state index is 13.5. The van der Waals surface area contributed by atoms with E-state index < -0.39 is 5.82 Å². The van der Waals surface area contributed by atoms with Crippen LogP contribution in [0, 0.1) is 18.6 Å². The van der Waals surface area contributed by atoms with Gasteiger partial charge in [-0.15, -0.1) is 0 Å². The van der Waals surface area contributed by atoms with E-state index in [4.69, 9.17) is 11.6 Å². The Bertz CT molecular complexity index is 613. The van der Waals surface area contributed by atoms with Crippen molar-refractivity contribution in [2.45, 2.75) is 19.4 Å². The fraction of sp³-hybridized carbons (Fsp3) is 0.250. The molecule has 0 saturated heterocycles. The maximum Gasteiger partial charge on any atom is 0.142 e. The number of hydrogen-bond acceptors (Lipinski definition) is 1. The summed E-state index contributed by atoms with van der Waals surface area (Å²) < 4.78 is 26.9. The second kappa shape index (κ2) is 6.33. The molecule has 0 spiro atoms. The lowest BCUT2D eigenvalue weighted by Gasteiger charge is -2.20. The van der Waals surface area contributed by atoms with E-state index in [2.05, 4.69) is 5.32 Å². The van der Waals surface area contributed by atoms with Crippen LogP contribution in [0.15, 0.2) is 36.4 Å². The molecule has 0 radical (unpaired) electrons. The minimum Gasteiger partial charge on any atom is -0.313 e. The molecule has 1 N–H and O–H groups in total. The molecule has 1 unspecified atom stereocenters. The number of halogens is 3. The molecule has 0 aliphatic heterocycles. The Morgan fingerprint density at radius 3 is 2.65 bits per heavy atom. The Hall–Kier alpha value is -1.45. The Morgan fingerprint density at radius 1 is 1.20 bits per heavy atom. The number of rotatable bonds is 4. The van der Waals surface area contributed by atoms with Gasteiger partial charge >= 0.3 is 0 Å². The highest BCUT2D eigenvalue weighted by Crippen LogP contribution is 2.27. The molecule has 2 rings (SSSR count). The fourth-order valence-corrected chi connectivity index (χ4v) is 2.48. The van der Waals surface area contributed by atoms with Gasteiger partial charge in [0.25, 0.3) is 0 Å². The predicted molar refractivity (Wildman–Crippen MR) is 78.1 cm³/mol. The number of nitrogens with one attached hydrogen (secondary N) is 1. The lowest BCUT2D eigenvalue weighted by Crippen LogP contribution is -2.20. The lowest BCUT2D eigenvalue weighted by molar-refractivity contribution is 0.570. The summed E-state index contributed by atoms with van der Waals surface area (Å²) in [6.45, 7) is 1.92. The third-order valence-corrected chi connectivity index (χ3v) is 3.84. The van der Waals surface area contributed by atoms with E-state index in [1.807, 2.05) is 6.92 Å². The van der Waals surface area contributed by atoms with Crippen molar-refractivity contribution in [1.29, 1.82) is 0 Å². The van der Waals surface area contributed by atoms with E-state index in [-0.39, 0.29) is 16.9 Å². The van der Waals surface area contributed by atoms with Crippen LogP contribution in [0.4, 0.5) is 8.78 Å². The molecule has 20 heavy (non-hydrogen) atoms. The number of hydrogen-bond donors (Lipinski definition) is 1. The van der Waals surface area contributed by atoms with Gasteiger partial charge in [0.05, 0.1) is 5.02 Å². The van der Waals surface area contributed by atoms with E-state index in [1.165, 1.54) is 18.2 Å². The summed E-state index contributed by atoms with van der Waals surface area (Å²) in [7, 11) is 1.79. The van der Waals surface area contributed by atoms with E-state index in [9.17, 15) is 8.78 Å². The standard InChI is InChI=1S/C16H16ClF2N/c1-10-6-7-12(18)9-13(10)15(20-2)8-11-4-3-5-14(19)16(11)17/h3-7,9,15,20H,8H2,1-2H3. The summed E-state index contributed by atoms with van der Waals surface area (Å²) in [6.07, 6.45) is 0.497. The average molecular weight is 296 g/mol. The van der Waals surface area contributed by atoms with Crippen molar-refractivity contribution in [2.24, 2.45) is 0 Å². The Labute approximate surface area is 122 Å². The van der Waals surface area contributed by atoms with Crippen molar-refractivity contribution in [3.05, 3.63) is 69.7 Å². The van der Waals surface area contributed by atoms with Crippen LogP contribution in [0.5, 0.6) is 0 Å². The first-order valence-corrected chi connectivity index (χ1v) is 6.77. The smallest absolute Gasteiger partial charge is 0.142 e. The summed E-state index contributed by atoms with van der Waals surface area (Å²) in [5.41, 5.74) is 2.54. The van der Waals surface area contributed by atoms with Gasteiger partial charge in [0.15, 0.2) is 0 Å². The van der Waals surface area contributed by atoms with E-state index in [0.29, 0.717) is 12.0 Å². The van der Waals surface area contributed by atoms with Crippen LogP contribution in [-0.4, -0.2) is 7.05 Å². The van der Waals surface area contributed by atoms with Gasteiger partial charge in [-0.3, -0.25) is 0 Å². The molecular weight excluding hydrogens is 280 g/mol. The van der Waals surface area contributed by atoms with Crippen molar-refractivity contribution in [3.63, 3.8) is 0 Å². The van der Waals surface area contributed by atoms with Crippen LogP contribution >= 0.6 is 11.6 Å². The molecule has 0 amide bonds. The van der Waals surface area contributed by atoms with E-state index >= 15 is 0 Å². The first kappa shape index (κ1) is 14.9. The quantitative estimate of drug-likeness (QED) is 0.880. The first-order chi connectivity index (χ1) is 9.52. The van der Waals surface area contributed by atoms with Crippen LogP contribution in [0.3, 0.4) is 0 Å². The summed E-state index contributed by atoms with van der Waals surface area (Å²) in [5.74, 6) is -0.717. The second-order valence-corrected chi connectivity index (χ2v) is 5.14. The molecule has 2 aromatic rings. The average Bonchev–Trinajstić information content (AvgIpc) is 2.43. The molecule has 1 atom stereocenters. The largest absolute Gasteiger partial charge is 0.313 e. The molecule has 106 valence electrons. The van der Waals surface area contributed by atoms with Crippen LogP contribution in [0.1, 0.15) is 22.7 Å². The molecule has 0 heterocycles. The fourth-order valence-electron chi connectivity index (χ4n) is 2.28. The molecule has 0 aliphatic carbocycles. The molecule has 0 fully saturated rings. The van der Waals surface area contributed by atoms with Crippen LogP contribution in [-0.2, 0) is 6.42 Å². The maximum absolute atomic E-state index is 13.5. The van der Waals surface area contributed by atoms with Crippen LogP contribution < -0.4 is 5.32 Å². The SMILES string of the molecule is CNC(Cc1cccc(F)c1Cl)c1cc(F)ccc1C. The van der Waals surface area contributed by atoms with E-state index in [1.54, 1.807) is 25.2 Å². The monoisotopic (exact) mass is 295 g/mol. The molecule has 4 heteroatoms. The molecule has 1 nitrogen and oxygen atoms in total. The Balaban J connectivity index is 2.34. The summed E-state index contributed by atoms with van der Waals surface area (Å²) in [6, 6.07) is 9.29. The highest BCUT2D eigenvalue weighted by molar-refractivity contribution is 6.31. The zero-order valence-corrected chi connectivity index (χ0v) is 12.1. The third-order valence-electron chi connectivity index (χ3n) is 3.42. The number of aryl methyl sites for hydroxylation is 1. The highest BCUT2D eigenvalue weighted by Gasteiger charge is 2.16. The lowest BCUT2D eigenvalue weighted by atomic mass is 9.95. The van der Waals surface area contributed by atoms with Crippen molar-refractivity contribution in [2.75, 3.05) is 7.05 Å². The topological polar surface area (TPSA) is 12.0 Å². The molecule has 2 aromatic carbocycles. The minimum atomic E-state index is -0.435. The highest BCUT2D eigenvalue weighted by atomic mass is 35.5. The van der Waals surface area contributed by atoms with Gasteiger partial charge in [0.2, 0.25) is 0 Å².